The Balaban J connectivity index is 2.04. The van der Waals surface area contributed by atoms with Gasteiger partial charge in [-0.3, -0.25) is 9.59 Å². The van der Waals surface area contributed by atoms with Gasteiger partial charge in [0.2, 0.25) is 5.91 Å². The zero-order valence-corrected chi connectivity index (χ0v) is 19.7. The normalized spacial score (nSPS) is 10.7. The minimum atomic E-state index is -0.264. The number of benzene rings is 2. The predicted octanol–water partition coefficient (Wildman–Crippen LogP) is 4.76. The lowest BCUT2D eigenvalue weighted by Gasteiger charge is -2.19. The van der Waals surface area contributed by atoms with E-state index in [0.717, 1.165) is 28.8 Å². The van der Waals surface area contributed by atoms with Crippen molar-refractivity contribution in [3.63, 3.8) is 0 Å². The van der Waals surface area contributed by atoms with Crippen LogP contribution in [0, 0.1) is 26.7 Å². The van der Waals surface area contributed by atoms with Crippen LogP contribution in [0.5, 0.6) is 11.5 Å². The molecule has 0 spiro atoms. The minimum Gasteiger partial charge on any atom is -0.493 e. The van der Waals surface area contributed by atoms with Crippen molar-refractivity contribution in [1.29, 1.82) is 0 Å². The molecule has 168 valence electrons. The highest BCUT2D eigenvalue weighted by Crippen LogP contribution is 2.29. The number of nitrogens with one attached hydrogen (secondary N) is 1. The number of carbonyl (C=O) groups is 2. The van der Waals surface area contributed by atoms with Crippen molar-refractivity contribution < 1.29 is 19.1 Å². The average molecular weight is 427 g/mol. The summed E-state index contributed by atoms with van der Waals surface area (Å²) in [6.45, 7) is 10.7. The molecule has 2 rings (SSSR count). The van der Waals surface area contributed by atoms with Gasteiger partial charge < -0.3 is 19.7 Å². The summed E-state index contributed by atoms with van der Waals surface area (Å²) in [5, 5.41) is 2.93. The van der Waals surface area contributed by atoms with E-state index in [4.69, 9.17) is 9.47 Å². The molecule has 31 heavy (non-hydrogen) atoms. The van der Waals surface area contributed by atoms with Gasteiger partial charge in [0, 0.05) is 18.3 Å². The molecule has 0 heterocycles. The largest absolute Gasteiger partial charge is 0.493 e. The molecule has 0 saturated carbocycles. The number of amides is 2. The fraction of sp³-hybridized carbons (Fsp3) is 0.440. The number of methoxy groups -OCH3 is 1. The Morgan fingerprint density at radius 1 is 1.03 bits per heavy atom. The van der Waals surface area contributed by atoms with E-state index in [1.807, 2.05) is 32.9 Å². The third-order valence-corrected chi connectivity index (χ3v) is 5.03. The summed E-state index contributed by atoms with van der Waals surface area (Å²) in [7, 11) is 3.15. The number of rotatable bonds is 9. The first-order valence-electron chi connectivity index (χ1n) is 10.6. The maximum absolute atomic E-state index is 12.8. The van der Waals surface area contributed by atoms with Gasteiger partial charge in [0.25, 0.3) is 5.91 Å². The van der Waals surface area contributed by atoms with E-state index in [1.165, 1.54) is 4.90 Å². The molecule has 6 nitrogen and oxygen atoms in total. The van der Waals surface area contributed by atoms with Crippen molar-refractivity contribution in [2.75, 3.05) is 32.6 Å². The Bertz CT molecular complexity index is 914. The molecule has 2 amide bonds. The van der Waals surface area contributed by atoms with Crippen LogP contribution < -0.4 is 14.8 Å². The topological polar surface area (TPSA) is 67.9 Å². The van der Waals surface area contributed by atoms with E-state index in [0.29, 0.717) is 29.6 Å². The highest BCUT2D eigenvalue weighted by atomic mass is 16.5. The first-order chi connectivity index (χ1) is 14.6. The summed E-state index contributed by atoms with van der Waals surface area (Å²) < 4.78 is 11.2. The van der Waals surface area contributed by atoms with Crippen molar-refractivity contribution in [3.8, 4) is 11.5 Å². The molecule has 1 N–H and O–H groups in total. The summed E-state index contributed by atoms with van der Waals surface area (Å²) >= 11 is 0. The average Bonchev–Trinajstić information content (AvgIpc) is 2.70. The third kappa shape index (κ3) is 6.74. The quantitative estimate of drug-likeness (QED) is 0.628. The van der Waals surface area contributed by atoms with Gasteiger partial charge in [-0.05, 0) is 62.4 Å². The van der Waals surface area contributed by atoms with E-state index < -0.39 is 0 Å². The van der Waals surface area contributed by atoms with E-state index in [-0.39, 0.29) is 18.4 Å². The van der Waals surface area contributed by atoms with E-state index in [2.05, 4.69) is 19.2 Å². The number of hydrogen-bond acceptors (Lipinski definition) is 4. The van der Waals surface area contributed by atoms with Crippen LogP contribution in [0.15, 0.2) is 30.3 Å². The molecule has 0 unspecified atom stereocenters. The number of nitrogens with zero attached hydrogens (tertiary/aromatic N) is 1. The van der Waals surface area contributed by atoms with Crippen molar-refractivity contribution in [2.45, 2.75) is 41.0 Å². The molecule has 0 fully saturated rings. The lowest BCUT2D eigenvalue weighted by molar-refractivity contribution is -0.116. The Morgan fingerprint density at radius 3 is 2.26 bits per heavy atom. The molecule has 0 aliphatic rings. The van der Waals surface area contributed by atoms with Crippen molar-refractivity contribution >= 4 is 17.5 Å². The van der Waals surface area contributed by atoms with Gasteiger partial charge in [-0.25, -0.2) is 0 Å². The molecule has 2 aromatic carbocycles. The highest BCUT2D eigenvalue weighted by molar-refractivity contribution is 6.00. The van der Waals surface area contributed by atoms with Gasteiger partial charge in [-0.1, -0.05) is 31.5 Å². The maximum atomic E-state index is 12.8. The number of aryl methyl sites for hydroxylation is 3. The molecule has 0 aliphatic heterocycles. The van der Waals surface area contributed by atoms with Crippen molar-refractivity contribution in [1.82, 2.24) is 4.90 Å². The second-order valence-electron chi connectivity index (χ2n) is 8.38. The Labute approximate surface area is 185 Å². The van der Waals surface area contributed by atoms with Crippen LogP contribution in [0.3, 0.4) is 0 Å². The molecule has 0 saturated heterocycles. The monoisotopic (exact) mass is 426 g/mol. The van der Waals surface area contributed by atoms with Crippen LogP contribution >= 0.6 is 0 Å². The molecule has 2 aromatic rings. The van der Waals surface area contributed by atoms with E-state index >= 15 is 0 Å². The highest BCUT2D eigenvalue weighted by Gasteiger charge is 2.18. The Morgan fingerprint density at radius 2 is 1.68 bits per heavy atom. The minimum absolute atomic E-state index is 0.0550. The van der Waals surface area contributed by atoms with E-state index in [9.17, 15) is 9.59 Å². The number of ether oxygens (including phenoxy) is 2. The number of likely N-dealkylation sites (N-methyl/N-ethyl adjacent to an activating group) is 1. The lowest BCUT2D eigenvalue weighted by Crippen LogP contribution is -2.35. The second kappa shape index (κ2) is 10.8. The molecule has 0 bridgehead atoms. The lowest BCUT2D eigenvalue weighted by atomic mass is 10.1. The number of anilines is 1. The maximum Gasteiger partial charge on any atom is 0.254 e. The first-order valence-corrected chi connectivity index (χ1v) is 10.6. The van der Waals surface area contributed by atoms with Crippen LogP contribution in [-0.4, -0.2) is 44.0 Å². The summed E-state index contributed by atoms with van der Waals surface area (Å²) in [6, 6.07) is 9.12. The molecular formula is C25H34N2O4. The van der Waals surface area contributed by atoms with Crippen LogP contribution in [-0.2, 0) is 4.79 Å². The zero-order chi connectivity index (χ0) is 23.1. The van der Waals surface area contributed by atoms with Gasteiger partial charge in [0.1, 0.15) is 0 Å². The fourth-order valence-electron chi connectivity index (χ4n) is 3.39. The standard InChI is InChI=1S/C25H34N2O4/c1-16(2)10-11-31-21-9-8-20(14-22(21)30-7)25(29)27(6)15-23(28)26-24-18(4)12-17(3)13-19(24)5/h8-9,12-14,16H,10-11,15H2,1-7H3,(H,26,28). The van der Waals surface area contributed by atoms with E-state index in [1.54, 1.807) is 32.4 Å². The smallest absolute Gasteiger partial charge is 0.254 e. The Hall–Kier alpha value is -3.02. The van der Waals surface area contributed by atoms with Gasteiger partial charge in [-0.2, -0.15) is 0 Å². The van der Waals surface area contributed by atoms with Crippen molar-refractivity contribution in [2.24, 2.45) is 5.92 Å². The molecule has 0 aliphatic carbocycles. The SMILES string of the molecule is COc1cc(C(=O)N(C)CC(=O)Nc2c(C)cc(C)cc2C)ccc1OCCC(C)C. The summed E-state index contributed by atoms with van der Waals surface area (Å²) in [5.74, 6) is 1.13. The van der Waals surface area contributed by atoms with Gasteiger partial charge in [-0.15, -0.1) is 0 Å². The molecule has 0 atom stereocenters. The second-order valence-corrected chi connectivity index (χ2v) is 8.38. The first kappa shape index (κ1) is 24.3. The number of carbonyl (C=O) groups excluding carboxylic acids is 2. The van der Waals surface area contributed by atoms with Gasteiger partial charge >= 0.3 is 0 Å². The van der Waals surface area contributed by atoms with Crippen LogP contribution in [0.1, 0.15) is 47.3 Å². The van der Waals surface area contributed by atoms with Crippen LogP contribution in [0.2, 0.25) is 0 Å². The molecule has 0 radical (unpaired) electrons. The van der Waals surface area contributed by atoms with Crippen molar-refractivity contribution in [3.05, 3.63) is 52.6 Å². The van der Waals surface area contributed by atoms with Crippen LogP contribution in [0.4, 0.5) is 5.69 Å². The summed E-state index contributed by atoms with van der Waals surface area (Å²) in [5.41, 5.74) is 4.37. The Kier molecular flexibility index (Phi) is 8.48. The third-order valence-electron chi connectivity index (χ3n) is 5.03. The molecule has 6 heteroatoms. The number of hydrogen-bond donors (Lipinski definition) is 1. The van der Waals surface area contributed by atoms with Crippen LogP contribution in [0.25, 0.3) is 0 Å². The summed E-state index contributed by atoms with van der Waals surface area (Å²) in [6.07, 6.45) is 0.932. The fourth-order valence-corrected chi connectivity index (χ4v) is 3.39. The zero-order valence-electron chi connectivity index (χ0n) is 19.7. The van der Waals surface area contributed by atoms with Gasteiger partial charge in [0.15, 0.2) is 11.5 Å². The molecule has 0 aromatic heterocycles. The molecular weight excluding hydrogens is 392 g/mol. The van der Waals surface area contributed by atoms with Gasteiger partial charge in [0.05, 0.1) is 20.3 Å². The summed E-state index contributed by atoms with van der Waals surface area (Å²) in [4.78, 5) is 26.8. The predicted molar refractivity (Wildman–Crippen MR) is 124 cm³/mol.